The molecule has 35 heavy (non-hydrogen) atoms. The normalized spacial score (nSPS) is 14.3. The number of hydrogen-bond acceptors (Lipinski definition) is 5. The van der Waals surface area contributed by atoms with E-state index in [2.05, 4.69) is 48.8 Å². The van der Waals surface area contributed by atoms with E-state index in [0.29, 0.717) is 28.2 Å². The Labute approximate surface area is 211 Å². The maximum Gasteiger partial charge on any atom is 0.379 e. The molecule has 0 saturated heterocycles. The summed E-state index contributed by atoms with van der Waals surface area (Å²) in [5.41, 5.74) is 3.72. The van der Waals surface area contributed by atoms with Gasteiger partial charge in [0.15, 0.2) is 5.76 Å². The molecule has 2 heterocycles. The molecule has 0 spiro atoms. The van der Waals surface area contributed by atoms with Gasteiger partial charge in [-0.05, 0) is 65.9 Å². The Bertz CT molecular complexity index is 1520. The van der Waals surface area contributed by atoms with Gasteiger partial charge in [0.05, 0.1) is 5.56 Å². The molecule has 0 aliphatic carbocycles. The molecule has 0 N–H and O–H groups in total. The highest BCUT2D eigenvalue weighted by Gasteiger charge is 2.31. The Morgan fingerprint density at radius 1 is 1.00 bits per heavy atom. The van der Waals surface area contributed by atoms with E-state index in [-0.39, 0.29) is 22.7 Å². The third-order valence-electron chi connectivity index (χ3n) is 5.99. The van der Waals surface area contributed by atoms with Crippen LogP contribution in [0.4, 0.5) is 0 Å². The molecule has 5 rings (SSSR count). The number of esters is 1. The molecule has 1 aliphatic heterocycles. The van der Waals surface area contributed by atoms with E-state index in [1.807, 2.05) is 24.3 Å². The summed E-state index contributed by atoms with van der Waals surface area (Å²) in [6.45, 7) is 8.22. The van der Waals surface area contributed by atoms with Gasteiger partial charge < -0.3 is 13.9 Å². The van der Waals surface area contributed by atoms with Crippen molar-refractivity contribution >= 4 is 44.7 Å². The van der Waals surface area contributed by atoms with Crippen LogP contribution >= 0.6 is 15.9 Å². The molecule has 0 amide bonds. The fraction of sp³-hybridized carbons (Fsp3) is 0.172. The lowest BCUT2D eigenvalue weighted by Gasteiger charge is -2.18. The van der Waals surface area contributed by atoms with Gasteiger partial charge in [-0.15, -0.1) is 0 Å². The lowest BCUT2D eigenvalue weighted by molar-refractivity contribution is 0.0702. The number of fused-ring (bicyclic) bond motifs is 2. The highest BCUT2D eigenvalue weighted by molar-refractivity contribution is 9.10. The van der Waals surface area contributed by atoms with Crippen molar-refractivity contribution in [3.63, 3.8) is 0 Å². The van der Waals surface area contributed by atoms with Gasteiger partial charge in [-0.25, -0.2) is 4.79 Å². The fourth-order valence-electron chi connectivity index (χ4n) is 3.97. The maximum atomic E-state index is 12.9. The number of ketones is 1. The first-order chi connectivity index (χ1) is 16.6. The third-order valence-corrected chi connectivity index (χ3v) is 6.49. The highest BCUT2D eigenvalue weighted by Crippen LogP contribution is 2.39. The van der Waals surface area contributed by atoms with Crippen molar-refractivity contribution in [3.05, 3.63) is 98.9 Å². The minimum atomic E-state index is -0.626. The standard InChI is InChI=1S/C29H23BrO5/c1-16-22(35-28(32)25-15-18-14-20(30)9-11-23(18)33-25)12-10-21-26(31)24(34-27(16)21)13-17-5-7-19(8-6-17)29(2,3)4/h5-15H,1-4H3/b24-13-. The molecule has 0 atom stereocenters. The van der Waals surface area contributed by atoms with Crippen LogP contribution in [-0.4, -0.2) is 11.8 Å². The molecule has 176 valence electrons. The van der Waals surface area contributed by atoms with Gasteiger partial charge in [-0.3, -0.25) is 4.79 Å². The zero-order chi connectivity index (χ0) is 24.9. The molecular weight excluding hydrogens is 508 g/mol. The van der Waals surface area contributed by atoms with E-state index in [1.54, 1.807) is 37.3 Å². The van der Waals surface area contributed by atoms with Gasteiger partial charge in [0, 0.05) is 15.4 Å². The summed E-state index contributed by atoms with van der Waals surface area (Å²) in [6, 6.07) is 18.4. The number of carbonyl (C=O) groups is 2. The van der Waals surface area contributed by atoms with Gasteiger partial charge in [0.25, 0.3) is 0 Å². The van der Waals surface area contributed by atoms with Gasteiger partial charge >= 0.3 is 5.97 Å². The van der Waals surface area contributed by atoms with Crippen LogP contribution in [0.15, 0.2) is 75.3 Å². The molecule has 3 aromatic carbocycles. The second-order valence-electron chi connectivity index (χ2n) is 9.56. The van der Waals surface area contributed by atoms with Crippen molar-refractivity contribution in [2.75, 3.05) is 0 Å². The van der Waals surface area contributed by atoms with E-state index in [9.17, 15) is 9.59 Å². The van der Waals surface area contributed by atoms with Gasteiger partial charge in [0.2, 0.25) is 11.5 Å². The van der Waals surface area contributed by atoms with Crippen LogP contribution in [0, 0.1) is 6.92 Å². The molecule has 1 aromatic heterocycles. The van der Waals surface area contributed by atoms with Crippen LogP contribution < -0.4 is 9.47 Å². The number of allylic oxidation sites excluding steroid dienone is 1. The highest BCUT2D eigenvalue weighted by atomic mass is 79.9. The first kappa shape index (κ1) is 23.1. The van der Waals surface area contributed by atoms with Crippen LogP contribution in [0.3, 0.4) is 0 Å². The Balaban J connectivity index is 1.38. The van der Waals surface area contributed by atoms with Crippen molar-refractivity contribution in [2.45, 2.75) is 33.1 Å². The van der Waals surface area contributed by atoms with Crippen molar-refractivity contribution in [1.82, 2.24) is 0 Å². The van der Waals surface area contributed by atoms with Crippen LogP contribution in [0.25, 0.3) is 17.0 Å². The average Bonchev–Trinajstić information content (AvgIpc) is 3.37. The zero-order valence-electron chi connectivity index (χ0n) is 19.8. The Hall–Kier alpha value is -3.64. The monoisotopic (exact) mass is 530 g/mol. The second-order valence-corrected chi connectivity index (χ2v) is 10.5. The zero-order valence-corrected chi connectivity index (χ0v) is 21.4. The molecule has 6 heteroatoms. The number of rotatable bonds is 3. The average molecular weight is 531 g/mol. The van der Waals surface area contributed by atoms with Gasteiger partial charge in [-0.2, -0.15) is 0 Å². The largest absolute Gasteiger partial charge is 0.452 e. The minimum Gasteiger partial charge on any atom is -0.452 e. The number of carbonyl (C=O) groups excluding carboxylic acids is 2. The predicted molar refractivity (Wildman–Crippen MR) is 138 cm³/mol. The predicted octanol–water partition coefficient (Wildman–Crippen LogP) is 7.64. The molecule has 0 fully saturated rings. The smallest absolute Gasteiger partial charge is 0.379 e. The van der Waals surface area contributed by atoms with Crippen molar-refractivity contribution in [2.24, 2.45) is 0 Å². The number of halogens is 1. The van der Waals surface area contributed by atoms with Crippen LogP contribution in [0.2, 0.25) is 0 Å². The molecule has 0 bridgehead atoms. The molecule has 0 unspecified atom stereocenters. The number of furan rings is 1. The molecule has 0 saturated carbocycles. The van der Waals surface area contributed by atoms with E-state index in [4.69, 9.17) is 13.9 Å². The van der Waals surface area contributed by atoms with Gasteiger partial charge in [0.1, 0.15) is 17.1 Å². The Kier molecular flexibility index (Phi) is 5.64. The lowest BCUT2D eigenvalue weighted by atomic mass is 9.86. The molecule has 4 aromatic rings. The van der Waals surface area contributed by atoms with E-state index >= 15 is 0 Å². The lowest BCUT2D eigenvalue weighted by Crippen LogP contribution is -2.10. The van der Waals surface area contributed by atoms with E-state index in [0.717, 1.165) is 15.4 Å². The summed E-state index contributed by atoms with van der Waals surface area (Å²) in [6.07, 6.45) is 1.73. The molecular formula is C29H23BrO5. The number of ether oxygens (including phenoxy) is 2. The number of benzene rings is 3. The first-order valence-corrected chi connectivity index (χ1v) is 12.0. The van der Waals surface area contributed by atoms with E-state index < -0.39 is 5.97 Å². The van der Waals surface area contributed by atoms with Crippen molar-refractivity contribution < 1.29 is 23.5 Å². The van der Waals surface area contributed by atoms with Crippen LogP contribution in [0.5, 0.6) is 11.5 Å². The summed E-state index contributed by atoms with van der Waals surface area (Å²) >= 11 is 3.41. The second kappa shape index (κ2) is 8.54. The SMILES string of the molecule is Cc1c(OC(=O)c2cc3cc(Br)ccc3o2)ccc2c1O/C(=C\c1ccc(C(C)(C)C)cc1)C2=O. The summed E-state index contributed by atoms with van der Waals surface area (Å²) < 4.78 is 18.0. The van der Waals surface area contributed by atoms with Crippen LogP contribution in [0.1, 0.15) is 58.4 Å². The van der Waals surface area contributed by atoms with Crippen molar-refractivity contribution in [1.29, 1.82) is 0 Å². The molecule has 1 aliphatic rings. The topological polar surface area (TPSA) is 65.7 Å². The number of Topliss-reactive ketones (excluding diaryl/α,β-unsaturated/α-hetero) is 1. The summed E-state index contributed by atoms with van der Waals surface area (Å²) in [5.74, 6) is 0.195. The molecule has 5 nitrogen and oxygen atoms in total. The fourth-order valence-corrected chi connectivity index (χ4v) is 4.35. The first-order valence-electron chi connectivity index (χ1n) is 11.2. The summed E-state index contributed by atoms with van der Waals surface area (Å²) in [4.78, 5) is 25.7. The Morgan fingerprint density at radius 3 is 2.46 bits per heavy atom. The minimum absolute atomic E-state index is 0.0474. The van der Waals surface area contributed by atoms with Crippen molar-refractivity contribution in [3.8, 4) is 11.5 Å². The third kappa shape index (κ3) is 4.42. The maximum absolute atomic E-state index is 12.9. The van der Waals surface area contributed by atoms with E-state index in [1.165, 1.54) is 5.56 Å². The number of hydrogen-bond donors (Lipinski definition) is 0. The summed E-state index contributed by atoms with van der Waals surface area (Å²) in [5, 5.41) is 0.788. The van der Waals surface area contributed by atoms with Gasteiger partial charge in [-0.1, -0.05) is 61.0 Å². The quantitative estimate of drug-likeness (QED) is 0.154. The summed E-state index contributed by atoms with van der Waals surface area (Å²) in [7, 11) is 0. The molecule has 0 radical (unpaired) electrons. The Morgan fingerprint density at radius 2 is 1.74 bits per heavy atom. The van der Waals surface area contributed by atoms with Crippen LogP contribution in [-0.2, 0) is 5.41 Å².